The van der Waals surface area contributed by atoms with Gasteiger partial charge in [-0.3, -0.25) is 0 Å². The molecule has 3 aliphatic rings. The Labute approximate surface area is 326 Å². The second kappa shape index (κ2) is 14.1. The van der Waals surface area contributed by atoms with E-state index in [-0.39, 0.29) is 10.8 Å². The van der Waals surface area contributed by atoms with E-state index in [0.717, 1.165) is 6.54 Å². The van der Waals surface area contributed by atoms with Gasteiger partial charge < -0.3 is 9.80 Å². The Kier molecular flexibility index (Phi) is 8.63. The molecule has 0 bridgehead atoms. The van der Waals surface area contributed by atoms with Gasteiger partial charge in [-0.1, -0.05) is 147 Å². The molecule has 2 saturated carbocycles. The highest BCUT2D eigenvalue weighted by Crippen LogP contribution is 2.58. The second-order valence-corrected chi connectivity index (χ2v) is 16.0. The Bertz CT molecular complexity index is 2350. The lowest BCUT2D eigenvalue weighted by Crippen LogP contribution is -2.25. The predicted octanol–water partition coefficient (Wildman–Crippen LogP) is 14.2. The molecule has 0 N–H and O–H groups in total. The number of benzene rings is 7. The molecular weight excluding hydrogens is 665 g/mol. The average molecular weight is 713 g/mol. The van der Waals surface area contributed by atoms with Crippen LogP contribution in [0.15, 0.2) is 182 Å². The summed E-state index contributed by atoms with van der Waals surface area (Å²) >= 11 is 0. The predicted molar refractivity (Wildman–Crippen MR) is 230 cm³/mol. The number of nitrogens with zero attached hydrogens (tertiary/aromatic N) is 2. The monoisotopic (exact) mass is 712 g/mol. The van der Waals surface area contributed by atoms with Gasteiger partial charge in [0.1, 0.15) is 0 Å². The zero-order valence-electron chi connectivity index (χ0n) is 31.6. The number of fused-ring (bicyclic) bond motifs is 5. The molecule has 2 heteroatoms. The first kappa shape index (κ1) is 33.7. The van der Waals surface area contributed by atoms with Crippen molar-refractivity contribution in [2.45, 2.75) is 68.7 Å². The third kappa shape index (κ3) is 5.78. The van der Waals surface area contributed by atoms with Gasteiger partial charge in [0.25, 0.3) is 0 Å². The molecule has 10 rings (SSSR count). The zero-order chi connectivity index (χ0) is 36.7. The number of hydrogen-bond donors (Lipinski definition) is 0. The highest BCUT2D eigenvalue weighted by Gasteiger charge is 2.46. The van der Waals surface area contributed by atoms with Gasteiger partial charge in [-0.2, -0.15) is 0 Å². The van der Waals surface area contributed by atoms with Crippen LogP contribution in [0.2, 0.25) is 0 Å². The second-order valence-electron chi connectivity index (χ2n) is 16.0. The van der Waals surface area contributed by atoms with E-state index in [9.17, 15) is 0 Å². The van der Waals surface area contributed by atoms with Crippen molar-refractivity contribution < 1.29 is 0 Å². The molecule has 2 nitrogen and oxygen atoms in total. The quantitative estimate of drug-likeness (QED) is 0.147. The smallest absolute Gasteiger partial charge is 0.0485 e. The highest BCUT2D eigenvalue weighted by molar-refractivity contribution is 5.83. The normalized spacial score (nSPS) is 16.1. The fourth-order valence-electron chi connectivity index (χ4n) is 10.6. The minimum absolute atomic E-state index is 0.0137. The molecule has 270 valence electrons. The summed E-state index contributed by atoms with van der Waals surface area (Å²) < 4.78 is 0. The molecule has 0 amide bonds. The van der Waals surface area contributed by atoms with E-state index in [1.807, 2.05) is 0 Å². The summed E-state index contributed by atoms with van der Waals surface area (Å²) in [6.07, 6.45) is 9.94. The van der Waals surface area contributed by atoms with Gasteiger partial charge >= 0.3 is 0 Å². The van der Waals surface area contributed by atoms with E-state index in [1.165, 1.54) is 108 Å². The van der Waals surface area contributed by atoms with Crippen LogP contribution in [-0.4, -0.2) is 0 Å². The van der Waals surface area contributed by atoms with Crippen molar-refractivity contribution in [1.82, 2.24) is 0 Å². The van der Waals surface area contributed by atoms with Crippen LogP contribution in [0.4, 0.5) is 28.4 Å². The number of anilines is 5. The van der Waals surface area contributed by atoms with Crippen LogP contribution in [0.1, 0.15) is 79.2 Å². The molecule has 7 aromatic rings. The number of hydrogen-bond acceptors (Lipinski definition) is 2. The summed E-state index contributed by atoms with van der Waals surface area (Å²) in [5, 5.41) is 0. The van der Waals surface area contributed by atoms with Gasteiger partial charge in [0.05, 0.1) is 0 Å². The first-order valence-electron chi connectivity index (χ1n) is 20.4. The van der Waals surface area contributed by atoms with Crippen molar-refractivity contribution in [3.63, 3.8) is 0 Å². The van der Waals surface area contributed by atoms with Crippen LogP contribution in [0.3, 0.4) is 0 Å². The third-order valence-electron chi connectivity index (χ3n) is 13.1. The van der Waals surface area contributed by atoms with E-state index >= 15 is 0 Å². The molecule has 0 heterocycles. The Morgan fingerprint density at radius 3 is 1.38 bits per heavy atom. The molecule has 0 unspecified atom stereocenters. The molecule has 0 atom stereocenters. The lowest BCUT2D eigenvalue weighted by molar-refractivity contribution is 0.535. The SMILES string of the molecule is c1ccc(N(Cc2cccc3c2C2(CCCC2)c2ccccc2-3)c2ccc(C3(c4ccc(N(c5ccccc5)c5ccccc5)cc4)CCCC3)cc2)cc1. The van der Waals surface area contributed by atoms with Crippen LogP contribution in [0.25, 0.3) is 11.1 Å². The van der Waals surface area contributed by atoms with Crippen molar-refractivity contribution in [3.8, 4) is 11.1 Å². The molecule has 55 heavy (non-hydrogen) atoms. The van der Waals surface area contributed by atoms with Crippen LogP contribution in [0.5, 0.6) is 0 Å². The van der Waals surface area contributed by atoms with Crippen molar-refractivity contribution in [2.24, 2.45) is 0 Å². The van der Waals surface area contributed by atoms with Crippen LogP contribution < -0.4 is 9.80 Å². The van der Waals surface area contributed by atoms with Crippen LogP contribution >= 0.6 is 0 Å². The molecule has 0 aliphatic heterocycles. The molecule has 1 spiro atoms. The van der Waals surface area contributed by atoms with Gasteiger partial charge in [0.2, 0.25) is 0 Å². The lowest BCUT2D eigenvalue weighted by atomic mass is 9.73. The fraction of sp³-hybridized carbons (Fsp3) is 0.208. The maximum Gasteiger partial charge on any atom is 0.0485 e. The average Bonchev–Trinajstić information content (AvgIpc) is 4.02. The molecule has 0 saturated heterocycles. The van der Waals surface area contributed by atoms with Crippen LogP contribution in [0, 0.1) is 0 Å². The largest absolute Gasteiger partial charge is 0.337 e. The summed E-state index contributed by atoms with van der Waals surface area (Å²) in [5.74, 6) is 0. The Morgan fingerprint density at radius 1 is 0.364 bits per heavy atom. The maximum absolute atomic E-state index is 2.54. The van der Waals surface area contributed by atoms with Crippen molar-refractivity contribution in [1.29, 1.82) is 0 Å². The van der Waals surface area contributed by atoms with E-state index in [0.29, 0.717) is 0 Å². The summed E-state index contributed by atoms with van der Waals surface area (Å²) in [5.41, 5.74) is 16.5. The first-order valence-corrected chi connectivity index (χ1v) is 20.4. The molecular formula is C53H48N2. The van der Waals surface area contributed by atoms with Gasteiger partial charge in [0, 0.05) is 45.8 Å². The van der Waals surface area contributed by atoms with E-state index in [1.54, 1.807) is 11.1 Å². The lowest BCUT2D eigenvalue weighted by Gasteiger charge is -2.33. The van der Waals surface area contributed by atoms with Gasteiger partial charge in [0.15, 0.2) is 0 Å². The summed E-state index contributed by atoms with van der Waals surface area (Å²) in [4.78, 5) is 4.90. The number of rotatable bonds is 9. The van der Waals surface area contributed by atoms with Crippen molar-refractivity contribution in [2.75, 3.05) is 9.80 Å². The minimum Gasteiger partial charge on any atom is -0.337 e. The molecule has 0 radical (unpaired) electrons. The van der Waals surface area contributed by atoms with Crippen LogP contribution in [-0.2, 0) is 17.4 Å². The zero-order valence-corrected chi connectivity index (χ0v) is 31.6. The molecule has 2 fully saturated rings. The highest BCUT2D eigenvalue weighted by atomic mass is 15.1. The Morgan fingerprint density at radius 2 is 0.800 bits per heavy atom. The third-order valence-corrected chi connectivity index (χ3v) is 13.1. The molecule has 3 aliphatic carbocycles. The van der Waals surface area contributed by atoms with Gasteiger partial charge in [-0.05, 0) is 125 Å². The van der Waals surface area contributed by atoms with Crippen molar-refractivity contribution >= 4 is 28.4 Å². The Hall–Kier alpha value is -5.86. The fourth-order valence-corrected chi connectivity index (χ4v) is 10.6. The molecule has 7 aromatic carbocycles. The summed E-state index contributed by atoms with van der Waals surface area (Å²) in [6, 6.07) is 67.9. The van der Waals surface area contributed by atoms with Gasteiger partial charge in [-0.25, -0.2) is 0 Å². The standard InChI is InChI=1S/C53H48N2/c1-4-18-43(19-5-1)54(39-40-17-16-25-49-48-24-10-11-26-50(48)53(51(40)49)37-14-15-38-53)44-31-27-41(28-32-44)52(35-12-13-36-52)42-29-33-47(34-30-42)55(45-20-6-2-7-21-45)46-22-8-3-9-23-46/h1-11,16-34H,12-15,35-39H2. The van der Waals surface area contributed by atoms with Gasteiger partial charge in [-0.15, -0.1) is 0 Å². The molecule has 0 aromatic heterocycles. The summed E-state index contributed by atoms with van der Waals surface area (Å²) in [7, 11) is 0. The summed E-state index contributed by atoms with van der Waals surface area (Å²) in [6.45, 7) is 0.841. The minimum atomic E-state index is 0.0137. The number of para-hydroxylation sites is 3. The van der Waals surface area contributed by atoms with E-state index in [4.69, 9.17) is 0 Å². The van der Waals surface area contributed by atoms with E-state index < -0.39 is 0 Å². The maximum atomic E-state index is 2.54. The van der Waals surface area contributed by atoms with E-state index in [2.05, 4.69) is 192 Å². The topological polar surface area (TPSA) is 6.48 Å². The Balaban J connectivity index is 0.997. The van der Waals surface area contributed by atoms with Crippen molar-refractivity contribution in [3.05, 3.63) is 210 Å². The first-order chi connectivity index (χ1) is 27.2.